The van der Waals surface area contributed by atoms with E-state index in [2.05, 4.69) is 34.2 Å². The number of anilines is 1. The molecular weight excluding hydrogens is 417 g/mol. The first-order valence-electron chi connectivity index (χ1n) is 10.5. The number of hydrogen-bond acceptors (Lipinski definition) is 4. The number of H-pyrrole nitrogens is 1. The summed E-state index contributed by atoms with van der Waals surface area (Å²) in [6, 6.07) is 12.4. The molecule has 0 saturated carbocycles. The lowest BCUT2D eigenvalue weighted by Crippen LogP contribution is -2.57. The Morgan fingerprint density at radius 3 is 2.87 bits per heavy atom. The summed E-state index contributed by atoms with van der Waals surface area (Å²) in [6.45, 7) is 4.11. The van der Waals surface area contributed by atoms with Gasteiger partial charge in [0.2, 0.25) is 0 Å². The fourth-order valence-corrected chi connectivity index (χ4v) is 6.97. The highest BCUT2D eigenvalue weighted by atomic mass is 32.2. The second kappa shape index (κ2) is 7.29. The van der Waals surface area contributed by atoms with Gasteiger partial charge in [0, 0.05) is 38.1 Å². The van der Waals surface area contributed by atoms with Gasteiger partial charge in [-0.05, 0) is 55.7 Å². The monoisotopic (exact) mass is 443 g/mol. The van der Waals surface area contributed by atoms with Crippen molar-refractivity contribution in [2.75, 3.05) is 24.4 Å². The Morgan fingerprint density at radius 2 is 2.10 bits per heavy atom. The maximum atomic E-state index is 13.9. The Morgan fingerprint density at radius 1 is 1.26 bits per heavy atom. The van der Waals surface area contributed by atoms with E-state index in [4.69, 9.17) is 0 Å². The summed E-state index contributed by atoms with van der Waals surface area (Å²) < 4.78 is 43.1. The summed E-state index contributed by atoms with van der Waals surface area (Å²) in [5.74, 6) is -0.433. The Hall–Kier alpha value is -2.49. The molecule has 9 heteroatoms. The average molecular weight is 444 g/mol. The molecule has 2 aliphatic heterocycles. The first kappa shape index (κ1) is 20.4. The molecule has 2 aromatic carbocycles. The van der Waals surface area contributed by atoms with Crippen molar-refractivity contribution in [2.24, 2.45) is 0 Å². The van der Waals surface area contributed by atoms with E-state index in [9.17, 15) is 12.8 Å². The summed E-state index contributed by atoms with van der Waals surface area (Å²) in [4.78, 5) is 2.39. The Labute approximate surface area is 181 Å². The minimum Gasteiger partial charge on any atom is -0.296 e. The van der Waals surface area contributed by atoms with E-state index in [1.807, 2.05) is 12.3 Å². The van der Waals surface area contributed by atoms with Gasteiger partial charge in [-0.1, -0.05) is 12.1 Å². The number of aromatic nitrogens is 2. The van der Waals surface area contributed by atoms with E-state index < -0.39 is 21.6 Å². The zero-order valence-electron chi connectivity index (χ0n) is 17.6. The largest absolute Gasteiger partial charge is 0.304 e. The van der Waals surface area contributed by atoms with E-state index >= 15 is 0 Å². The zero-order chi connectivity index (χ0) is 21.8. The number of likely N-dealkylation sites (tertiary alicyclic amines) is 1. The molecule has 1 spiro atoms. The molecule has 0 bridgehead atoms. The van der Waals surface area contributed by atoms with Gasteiger partial charge in [-0.25, -0.2) is 4.39 Å². The molecule has 2 saturated heterocycles. The number of benzene rings is 2. The molecule has 1 N–H and O–H groups in total. The van der Waals surface area contributed by atoms with Crippen LogP contribution in [0.25, 0.3) is 10.9 Å². The third kappa shape index (κ3) is 3.40. The summed E-state index contributed by atoms with van der Waals surface area (Å²) in [6.07, 6.45) is 3.19. The lowest BCUT2D eigenvalue weighted by atomic mass is 9.82. The van der Waals surface area contributed by atoms with Crippen molar-refractivity contribution < 1.29 is 12.8 Å². The normalized spacial score (nSPS) is 26.8. The number of nitrogens with zero attached hydrogens (tertiary/aromatic N) is 4. The third-order valence-corrected chi connectivity index (χ3v) is 8.64. The molecule has 0 radical (unpaired) electrons. The average Bonchev–Trinajstić information content (AvgIpc) is 3.24. The van der Waals surface area contributed by atoms with E-state index in [1.165, 1.54) is 26.3 Å². The van der Waals surface area contributed by atoms with Gasteiger partial charge in [0.05, 0.1) is 22.9 Å². The van der Waals surface area contributed by atoms with Crippen molar-refractivity contribution in [1.82, 2.24) is 19.4 Å². The lowest BCUT2D eigenvalue weighted by molar-refractivity contribution is 0.100. The molecule has 2 fully saturated rings. The van der Waals surface area contributed by atoms with Gasteiger partial charge >= 0.3 is 10.2 Å². The number of rotatable bonds is 3. The number of aromatic amines is 1. The van der Waals surface area contributed by atoms with E-state index in [0.717, 1.165) is 24.0 Å². The van der Waals surface area contributed by atoms with Gasteiger partial charge in [0.25, 0.3) is 0 Å². The van der Waals surface area contributed by atoms with Gasteiger partial charge in [-0.3, -0.25) is 14.3 Å². The Balaban J connectivity index is 1.41. The van der Waals surface area contributed by atoms with Crippen LogP contribution in [0.1, 0.15) is 25.3 Å². The predicted molar refractivity (Wildman–Crippen MR) is 118 cm³/mol. The second-order valence-corrected chi connectivity index (χ2v) is 10.7. The van der Waals surface area contributed by atoms with Crippen molar-refractivity contribution in [3.8, 4) is 0 Å². The molecule has 2 atom stereocenters. The summed E-state index contributed by atoms with van der Waals surface area (Å²) >= 11 is 0. The number of hydrogen-bond donors (Lipinski definition) is 1. The number of fused-ring (bicyclic) bond motifs is 1. The molecule has 3 aromatic rings. The number of halogens is 1. The first-order chi connectivity index (χ1) is 14.8. The van der Waals surface area contributed by atoms with Crippen molar-refractivity contribution in [2.45, 2.75) is 37.9 Å². The second-order valence-electron chi connectivity index (χ2n) is 8.80. The van der Waals surface area contributed by atoms with Crippen LogP contribution in [-0.4, -0.2) is 59.5 Å². The first-order valence-corrected chi connectivity index (χ1v) is 11.9. The standard InChI is InChI=1S/C22H26FN5O2S/c1-16-12-22(8-9-27(16)14-17-6-7-21-18(10-17)13-24-25-21)15-26(2)31(29,30)28(22)20-5-3-4-19(23)11-20/h3-7,10-11,13,16H,8-9,12,14-15H2,1-2H3,(H,24,25)/t16-,22+/m0/s1. The molecule has 1 aromatic heterocycles. The van der Waals surface area contributed by atoms with Crippen LogP contribution in [0.4, 0.5) is 10.1 Å². The van der Waals surface area contributed by atoms with Crippen LogP contribution in [0.3, 0.4) is 0 Å². The highest BCUT2D eigenvalue weighted by molar-refractivity contribution is 7.90. The minimum absolute atomic E-state index is 0.173. The van der Waals surface area contributed by atoms with Gasteiger partial charge in [0.15, 0.2) is 0 Å². The molecule has 0 aliphatic carbocycles. The number of nitrogens with one attached hydrogen (secondary N) is 1. The molecule has 3 heterocycles. The van der Waals surface area contributed by atoms with Crippen molar-refractivity contribution in [3.63, 3.8) is 0 Å². The Bertz CT molecular complexity index is 1230. The topological polar surface area (TPSA) is 72.5 Å². The molecule has 2 aliphatic rings. The highest BCUT2D eigenvalue weighted by Crippen LogP contribution is 2.44. The maximum Gasteiger partial charge on any atom is 0.304 e. The lowest BCUT2D eigenvalue weighted by Gasteiger charge is -2.47. The van der Waals surface area contributed by atoms with Crippen molar-refractivity contribution in [3.05, 3.63) is 60.0 Å². The van der Waals surface area contributed by atoms with Crippen LogP contribution in [0.15, 0.2) is 48.7 Å². The fourth-order valence-electron chi connectivity index (χ4n) is 5.20. The SMILES string of the molecule is C[C@H]1C[C@]2(CCN1Cc1ccc3[nH]ncc3c1)CN(C)S(=O)(=O)N2c1cccc(F)c1. The summed E-state index contributed by atoms with van der Waals surface area (Å²) in [7, 11) is -2.09. The molecule has 7 nitrogen and oxygen atoms in total. The van der Waals surface area contributed by atoms with Gasteiger partial charge < -0.3 is 0 Å². The van der Waals surface area contributed by atoms with Crippen LogP contribution in [-0.2, 0) is 16.8 Å². The summed E-state index contributed by atoms with van der Waals surface area (Å²) in [5, 5.41) is 8.14. The van der Waals surface area contributed by atoms with E-state index in [0.29, 0.717) is 25.1 Å². The van der Waals surface area contributed by atoms with Crippen LogP contribution in [0.2, 0.25) is 0 Å². The zero-order valence-corrected chi connectivity index (χ0v) is 18.4. The number of likely N-dealkylation sites (N-methyl/N-ethyl adjacent to an activating group) is 1. The number of piperidine rings is 1. The predicted octanol–water partition coefficient (Wildman–Crippen LogP) is 3.12. The van der Waals surface area contributed by atoms with Crippen molar-refractivity contribution in [1.29, 1.82) is 0 Å². The molecular formula is C22H26FN5O2S. The molecule has 0 amide bonds. The van der Waals surface area contributed by atoms with Crippen LogP contribution >= 0.6 is 0 Å². The van der Waals surface area contributed by atoms with Gasteiger partial charge in [-0.2, -0.15) is 17.8 Å². The van der Waals surface area contributed by atoms with Crippen LogP contribution in [0, 0.1) is 5.82 Å². The van der Waals surface area contributed by atoms with Crippen molar-refractivity contribution >= 4 is 26.8 Å². The minimum atomic E-state index is -3.69. The van der Waals surface area contributed by atoms with Crippen LogP contribution < -0.4 is 4.31 Å². The van der Waals surface area contributed by atoms with Gasteiger partial charge in [-0.15, -0.1) is 0 Å². The quantitative estimate of drug-likeness (QED) is 0.675. The molecule has 164 valence electrons. The van der Waals surface area contributed by atoms with Crippen LogP contribution in [0.5, 0.6) is 0 Å². The van der Waals surface area contributed by atoms with Gasteiger partial charge in [0.1, 0.15) is 5.82 Å². The highest BCUT2D eigenvalue weighted by Gasteiger charge is 2.55. The molecule has 5 rings (SSSR count). The summed E-state index contributed by atoms with van der Waals surface area (Å²) in [5.41, 5.74) is 2.04. The smallest absolute Gasteiger partial charge is 0.296 e. The fraction of sp³-hybridized carbons (Fsp3) is 0.409. The molecule has 0 unspecified atom stereocenters. The molecule has 31 heavy (non-hydrogen) atoms. The Kier molecular flexibility index (Phi) is 4.80. The maximum absolute atomic E-state index is 13.9. The van der Waals surface area contributed by atoms with E-state index in [-0.39, 0.29) is 6.04 Å². The van der Waals surface area contributed by atoms with E-state index in [1.54, 1.807) is 19.2 Å². The third-order valence-electron chi connectivity index (χ3n) is 6.67.